The number of hydrogen-bond donors (Lipinski definition) is 2. The lowest BCUT2D eigenvalue weighted by Gasteiger charge is -2.00. The molecule has 0 radical (unpaired) electrons. The third kappa shape index (κ3) is 3.40. The Labute approximate surface area is 109 Å². The molecule has 0 spiro atoms. The highest BCUT2D eigenvalue weighted by atomic mass is 16.4. The largest absolute Gasteiger partial charge is 0.408 e. The Bertz CT molecular complexity index is 635. The van der Waals surface area contributed by atoms with Crippen molar-refractivity contribution < 1.29 is 14.3 Å². The van der Waals surface area contributed by atoms with Gasteiger partial charge in [0.05, 0.1) is 0 Å². The number of amides is 1. The summed E-state index contributed by atoms with van der Waals surface area (Å²) in [7, 11) is 0. The molecule has 2 aromatic rings. The fourth-order valence-corrected chi connectivity index (χ4v) is 1.36. The highest BCUT2D eigenvalue weighted by molar-refractivity contribution is 6.03. The lowest BCUT2D eigenvalue weighted by Crippen LogP contribution is -2.12. The number of nitrogens with zero attached hydrogens (tertiary/aromatic N) is 2. The molecule has 0 saturated heterocycles. The number of rotatable bonds is 2. The predicted molar refractivity (Wildman–Crippen MR) is 67.4 cm³/mol. The van der Waals surface area contributed by atoms with E-state index >= 15 is 0 Å². The van der Waals surface area contributed by atoms with Crippen molar-refractivity contribution in [1.82, 2.24) is 10.2 Å². The zero-order valence-corrected chi connectivity index (χ0v) is 10.2. The maximum atomic E-state index is 11.8. The molecule has 0 aliphatic heterocycles. The van der Waals surface area contributed by atoms with Crippen molar-refractivity contribution in [2.75, 3.05) is 11.9 Å². The van der Waals surface area contributed by atoms with Gasteiger partial charge in [-0.05, 0) is 24.3 Å². The van der Waals surface area contributed by atoms with E-state index in [4.69, 9.17) is 9.52 Å². The van der Waals surface area contributed by atoms with Gasteiger partial charge in [0.1, 0.15) is 6.61 Å². The Balaban J connectivity index is 2.07. The van der Waals surface area contributed by atoms with E-state index < -0.39 is 0 Å². The molecule has 1 aromatic heterocycles. The van der Waals surface area contributed by atoms with Gasteiger partial charge in [-0.25, -0.2) is 0 Å². The van der Waals surface area contributed by atoms with Crippen LogP contribution in [0.4, 0.5) is 6.01 Å². The monoisotopic (exact) mass is 257 g/mol. The molecule has 2 rings (SSSR count). The van der Waals surface area contributed by atoms with E-state index in [1.165, 1.54) is 0 Å². The number of benzene rings is 1. The highest BCUT2D eigenvalue weighted by Crippen LogP contribution is 2.08. The Morgan fingerprint density at radius 1 is 1.37 bits per heavy atom. The molecule has 0 aliphatic rings. The first-order valence-electron chi connectivity index (χ1n) is 5.50. The van der Waals surface area contributed by atoms with Gasteiger partial charge in [0.15, 0.2) is 0 Å². The molecule has 0 saturated carbocycles. The van der Waals surface area contributed by atoms with Crippen LogP contribution in [0.3, 0.4) is 0 Å². The van der Waals surface area contributed by atoms with Crippen LogP contribution in [0.1, 0.15) is 21.8 Å². The van der Waals surface area contributed by atoms with Gasteiger partial charge in [-0.1, -0.05) is 16.9 Å². The fraction of sp³-hybridized carbons (Fsp3) is 0.154. The van der Waals surface area contributed by atoms with Crippen LogP contribution in [-0.2, 0) is 0 Å². The topological polar surface area (TPSA) is 88.2 Å². The summed E-state index contributed by atoms with van der Waals surface area (Å²) in [4.78, 5) is 11.8. The molecular weight excluding hydrogens is 246 g/mol. The fourth-order valence-electron chi connectivity index (χ4n) is 1.36. The smallest absolute Gasteiger partial charge is 0.322 e. The molecule has 0 bridgehead atoms. The SMILES string of the molecule is Cc1nnc(NC(=O)c2ccc(C#CCO)cc2)o1. The predicted octanol–water partition coefficient (Wildman–Crippen LogP) is 0.974. The molecule has 6 nitrogen and oxygen atoms in total. The third-order valence-corrected chi connectivity index (χ3v) is 2.21. The van der Waals surface area contributed by atoms with E-state index in [1.54, 1.807) is 31.2 Å². The Morgan fingerprint density at radius 3 is 2.68 bits per heavy atom. The number of carbonyl (C=O) groups excluding carboxylic acids is 1. The number of aliphatic hydroxyl groups excluding tert-OH is 1. The standard InChI is InChI=1S/C13H11N3O3/c1-9-15-16-13(19-9)14-12(18)11-6-4-10(5-7-11)3-2-8-17/h4-7,17H,8H2,1H3,(H,14,16,18). The minimum absolute atomic E-state index is 0.0617. The third-order valence-electron chi connectivity index (χ3n) is 2.21. The van der Waals surface area contributed by atoms with Crippen molar-refractivity contribution in [1.29, 1.82) is 0 Å². The average Bonchev–Trinajstić information content (AvgIpc) is 2.82. The molecule has 0 fully saturated rings. The van der Waals surface area contributed by atoms with Crippen LogP contribution in [0.5, 0.6) is 0 Å². The number of aryl methyl sites for hydroxylation is 1. The minimum Gasteiger partial charge on any atom is -0.408 e. The maximum absolute atomic E-state index is 11.8. The first-order chi connectivity index (χ1) is 9.19. The summed E-state index contributed by atoms with van der Waals surface area (Å²) in [6.45, 7) is 1.44. The maximum Gasteiger partial charge on any atom is 0.322 e. The number of aromatic nitrogens is 2. The van der Waals surface area contributed by atoms with Crippen LogP contribution < -0.4 is 5.32 Å². The molecule has 96 valence electrons. The number of carbonyl (C=O) groups is 1. The number of hydrogen-bond acceptors (Lipinski definition) is 5. The van der Waals surface area contributed by atoms with E-state index in [9.17, 15) is 4.79 Å². The summed E-state index contributed by atoms with van der Waals surface area (Å²) in [5, 5.41) is 18.3. The van der Waals surface area contributed by atoms with Crippen LogP contribution in [-0.4, -0.2) is 27.8 Å². The van der Waals surface area contributed by atoms with Crippen LogP contribution in [0.2, 0.25) is 0 Å². The van der Waals surface area contributed by atoms with Gasteiger partial charge >= 0.3 is 6.01 Å². The van der Waals surface area contributed by atoms with Crippen molar-refractivity contribution in [3.05, 3.63) is 41.3 Å². The van der Waals surface area contributed by atoms with E-state index in [0.717, 1.165) is 5.56 Å². The minimum atomic E-state index is -0.342. The molecule has 19 heavy (non-hydrogen) atoms. The van der Waals surface area contributed by atoms with E-state index in [2.05, 4.69) is 27.4 Å². The molecule has 1 aromatic carbocycles. The molecule has 0 atom stereocenters. The number of nitrogens with one attached hydrogen (secondary N) is 1. The summed E-state index contributed by atoms with van der Waals surface area (Å²) in [5.41, 5.74) is 1.17. The van der Waals surface area contributed by atoms with E-state index in [-0.39, 0.29) is 18.5 Å². The van der Waals surface area contributed by atoms with Gasteiger partial charge in [-0.15, -0.1) is 5.10 Å². The molecule has 2 N–H and O–H groups in total. The van der Waals surface area contributed by atoms with Crippen molar-refractivity contribution in [2.45, 2.75) is 6.92 Å². The Morgan fingerprint density at radius 2 is 2.11 bits per heavy atom. The summed E-state index contributed by atoms with van der Waals surface area (Å²) in [5.74, 6) is 5.31. The molecule has 0 unspecified atom stereocenters. The summed E-state index contributed by atoms with van der Waals surface area (Å²) >= 11 is 0. The second kappa shape index (κ2) is 5.80. The highest BCUT2D eigenvalue weighted by Gasteiger charge is 2.09. The molecule has 1 heterocycles. The zero-order chi connectivity index (χ0) is 13.7. The molecular formula is C13H11N3O3. The van der Waals surface area contributed by atoms with Gasteiger partial charge in [0, 0.05) is 18.1 Å². The van der Waals surface area contributed by atoms with Crippen LogP contribution >= 0.6 is 0 Å². The lowest BCUT2D eigenvalue weighted by molar-refractivity contribution is 0.102. The Hall–Kier alpha value is -2.65. The van der Waals surface area contributed by atoms with Gasteiger partial charge in [-0.2, -0.15) is 0 Å². The van der Waals surface area contributed by atoms with Crippen molar-refractivity contribution >= 4 is 11.9 Å². The summed E-state index contributed by atoms with van der Waals surface area (Å²) in [6, 6.07) is 6.69. The lowest BCUT2D eigenvalue weighted by atomic mass is 10.1. The quantitative estimate of drug-likeness (QED) is 0.783. The Kier molecular flexibility index (Phi) is 3.90. The van der Waals surface area contributed by atoms with Crippen LogP contribution in [0.25, 0.3) is 0 Å². The van der Waals surface area contributed by atoms with E-state index in [0.29, 0.717) is 11.5 Å². The summed E-state index contributed by atoms with van der Waals surface area (Å²) < 4.78 is 5.05. The van der Waals surface area contributed by atoms with E-state index in [1.807, 2.05) is 0 Å². The zero-order valence-electron chi connectivity index (χ0n) is 10.2. The van der Waals surface area contributed by atoms with Gasteiger partial charge < -0.3 is 9.52 Å². The van der Waals surface area contributed by atoms with Gasteiger partial charge in [0.25, 0.3) is 5.91 Å². The molecule has 6 heteroatoms. The van der Waals surface area contributed by atoms with Crippen molar-refractivity contribution in [3.63, 3.8) is 0 Å². The summed E-state index contributed by atoms with van der Waals surface area (Å²) in [6.07, 6.45) is 0. The van der Waals surface area contributed by atoms with Crippen LogP contribution in [0, 0.1) is 18.8 Å². The van der Waals surface area contributed by atoms with Gasteiger partial charge in [-0.3, -0.25) is 10.1 Å². The van der Waals surface area contributed by atoms with Crippen LogP contribution in [0.15, 0.2) is 28.7 Å². The first kappa shape index (κ1) is 12.8. The van der Waals surface area contributed by atoms with Gasteiger partial charge in [0.2, 0.25) is 5.89 Å². The number of anilines is 1. The second-order valence-electron chi connectivity index (χ2n) is 3.62. The molecule has 1 amide bonds. The van der Waals surface area contributed by atoms with Crippen molar-refractivity contribution in [3.8, 4) is 11.8 Å². The number of aliphatic hydroxyl groups is 1. The second-order valence-corrected chi connectivity index (χ2v) is 3.62. The molecule has 0 aliphatic carbocycles. The first-order valence-corrected chi connectivity index (χ1v) is 5.50. The van der Waals surface area contributed by atoms with Crippen molar-refractivity contribution in [2.24, 2.45) is 0 Å². The normalized spacial score (nSPS) is 9.58. The average molecular weight is 257 g/mol.